The summed E-state index contributed by atoms with van der Waals surface area (Å²) >= 11 is 0. The minimum Gasteiger partial charge on any atom is -0.479 e. The first-order valence-corrected chi connectivity index (χ1v) is 9.14. The number of hydrogen-bond donors (Lipinski definition) is 1. The summed E-state index contributed by atoms with van der Waals surface area (Å²) in [5.74, 6) is -0.818. The Morgan fingerprint density at radius 3 is 2.42 bits per heavy atom. The first-order chi connectivity index (χ1) is 12.5. The number of piperidine rings is 1. The summed E-state index contributed by atoms with van der Waals surface area (Å²) in [7, 11) is 0. The lowest BCUT2D eigenvalue weighted by molar-refractivity contribution is -0.154. The Labute approximate surface area is 153 Å². The van der Waals surface area contributed by atoms with Crippen LogP contribution in [0.15, 0.2) is 36.9 Å². The fraction of sp³-hybridized carbons (Fsp3) is 0.526. The molecule has 0 radical (unpaired) electrons. The predicted molar refractivity (Wildman–Crippen MR) is 96.8 cm³/mol. The summed E-state index contributed by atoms with van der Waals surface area (Å²) in [6, 6.07) is 3.61. The van der Waals surface area contributed by atoms with Gasteiger partial charge >= 0.3 is 5.97 Å². The van der Waals surface area contributed by atoms with Crippen LogP contribution < -0.4 is 0 Å². The van der Waals surface area contributed by atoms with Gasteiger partial charge < -0.3 is 14.6 Å². The Hall–Kier alpha value is -2.57. The van der Waals surface area contributed by atoms with Crippen LogP contribution in [-0.4, -0.2) is 49.3 Å². The number of carboxylic acid groups (broad SMARTS) is 1. The van der Waals surface area contributed by atoms with Crippen molar-refractivity contribution in [3.05, 3.63) is 42.5 Å². The molecular formula is C19H26N4O3. The van der Waals surface area contributed by atoms with Crippen LogP contribution in [0.5, 0.6) is 0 Å². The number of carbonyl (C=O) groups excluding carboxylic acids is 1. The van der Waals surface area contributed by atoms with Gasteiger partial charge in [-0.1, -0.05) is 13.3 Å². The molecule has 1 amide bonds. The topological polar surface area (TPSA) is 80.4 Å². The van der Waals surface area contributed by atoms with Crippen molar-refractivity contribution in [2.75, 3.05) is 13.1 Å². The zero-order chi connectivity index (χ0) is 18.7. The summed E-state index contributed by atoms with van der Waals surface area (Å²) in [4.78, 5) is 26.9. The lowest BCUT2D eigenvalue weighted by Gasteiger charge is -2.40. The van der Waals surface area contributed by atoms with Crippen LogP contribution in [0.2, 0.25) is 0 Å². The van der Waals surface area contributed by atoms with E-state index in [9.17, 15) is 14.7 Å². The molecule has 0 saturated carbocycles. The SMILES string of the molecule is CCCC(C(=O)N1CCC(C(=O)O)(n2cc(C)cn2)CC1)n1cccc1. The molecule has 1 unspecified atom stereocenters. The second-order valence-electron chi connectivity index (χ2n) is 7.06. The van der Waals surface area contributed by atoms with E-state index in [2.05, 4.69) is 12.0 Å². The first kappa shape index (κ1) is 18.2. The molecular weight excluding hydrogens is 332 g/mol. The number of nitrogens with zero attached hydrogens (tertiary/aromatic N) is 4. The van der Waals surface area contributed by atoms with Gasteiger partial charge in [-0.05, 0) is 31.0 Å². The van der Waals surface area contributed by atoms with E-state index < -0.39 is 11.5 Å². The van der Waals surface area contributed by atoms with Crippen molar-refractivity contribution in [1.29, 1.82) is 0 Å². The molecule has 0 aliphatic carbocycles. The predicted octanol–water partition coefficient (Wildman–Crippen LogP) is 2.44. The number of carbonyl (C=O) groups is 2. The summed E-state index contributed by atoms with van der Waals surface area (Å²) in [5, 5.41) is 14.1. The van der Waals surface area contributed by atoms with Gasteiger partial charge in [0.15, 0.2) is 5.54 Å². The maximum Gasteiger partial charge on any atom is 0.331 e. The highest BCUT2D eigenvalue weighted by atomic mass is 16.4. The van der Waals surface area contributed by atoms with Crippen molar-refractivity contribution >= 4 is 11.9 Å². The quantitative estimate of drug-likeness (QED) is 0.860. The van der Waals surface area contributed by atoms with E-state index in [-0.39, 0.29) is 11.9 Å². The Morgan fingerprint density at radius 1 is 1.27 bits per heavy atom. The van der Waals surface area contributed by atoms with Crippen LogP contribution in [0.25, 0.3) is 0 Å². The second-order valence-corrected chi connectivity index (χ2v) is 7.06. The third-order valence-corrected chi connectivity index (χ3v) is 5.29. The molecule has 0 spiro atoms. The van der Waals surface area contributed by atoms with Crippen molar-refractivity contribution in [3.8, 4) is 0 Å². The molecule has 1 atom stereocenters. The van der Waals surface area contributed by atoms with Crippen molar-refractivity contribution in [2.45, 2.75) is 51.1 Å². The molecule has 0 aromatic carbocycles. The van der Waals surface area contributed by atoms with Gasteiger partial charge in [0.25, 0.3) is 0 Å². The molecule has 0 bridgehead atoms. The van der Waals surface area contributed by atoms with Crippen LogP contribution in [0.1, 0.15) is 44.2 Å². The van der Waals surface area contributed by atoms with Gasteiger partial charge in [0.1, 0.15) is 6.04 Å². The van der Waals surface area contributed by atoms with Crippen LogP contribution in [-0.2, 0) is 15.1 Å². The van der Waals surface area contributed by atoms with E-state index in [1.54, 1.807) is 22.0 Å². The average Bonchev–Trinajstić information content (AvgIpc) is 3.31. The molecule has 2 aromatic rings. The number of amides is 1. The van der Waals surface area contributed by atoms with E-state index in [0.29, 0.717) is 25.9 Å². The van der Waals surface area contributed by atoms with E-state index in [0.717, 1.165) is 18.4 Å². The monoisotopic (exact) mass is 358 g/mol. The van der Waals surface area contributed by atoms with E-state index in [4.69, 9.17) is 0 Å². The Balaban J connectivity index is 1.76. The molecule has 7 heteroatoms. The molecule has 1 saturated heterocycles. The van der Waals surface area contributed by atoms with Crippen LogP contribution in [0.4, 0.5) is 0 Å². The molecule has 3 rings (SSSR count). The van der Waals surface area contributed by atoms with Crippen molar-refractivity contribution in [3.63, 3.8) is 0 Å². The molecule has 3 heterocycles. The van der Waals surface area contributed by atoms with E-state index in [1.807, 2.05) is 36.0 Å². The lowest BCUT2D eigenvalue weighted by Crippen LogP contribution is -2.53. The summed E-state index contributed by atoms with van der Waals surface area (Å²) in [5.41, 5.74) is -0.140. The molecule has 1 aliphatic rings. The molecule has 2 aromatic heterocycles. The number of likely N-dealkylation sites (tertiary alicyclic amines) is 1. The van der Waals surface area contributed by atoms with Gasteiger partial charge in [-0.15, -0.1) is 0 Å². The molecule has 1 N–H and O–H groups in total. The van der Waals surface area contributed by atoms with Gasteiger partial charge in [-0.3, -0.25) is 9.48 Å². The van der Waals surface area contributed by atoms with E-state index in [1.165, 1.54) is 0 Å². The number of hydrogen-bond acceptors (Lipinski definition) is 3. The largest absolute Gasteiger partial charge is 0.479 e. The van der Waals surface area contributed by atoms with Gasteiger partial charge in [0.2, 0.25) is 5.91 Å². The van der Waals surface area contributed by atoms with Gasteiger partial charge in [0, 0.05) is 44.5 Å². The third kappa shape index (κ3) is 3.25. The second kappa shape index (κ2) is 7.35. The van der Waals surface area contributed by atoms with E-state index >= 15 is 0 Å². The van der Waals surface area contributed by atoms with Crippen LogP contribution in [0, 0.1) is 6.92 Å². The Bertz CT molecular complexity index is 758. The van der Waals surface area contributed by atoms with Gasteiger partial charge in [-0.25, -0.2) is 4.79 Å². The number of aromatic nitrogens is 3. The lowest BCUT2D eigenvalue weighted by atomic mass is 9.87. The highest BCUT2D eigenvalue weighted by Gasteiger charge is 2.45. The number of rotatable bonds is 6. The summed E-state index contributed by atoms with van der Waals surface area (Å²) in [6.07, 6.45) is 9.67. The summed E-state index contributed by atoms with van der Waals surface area (Å²) < 4.78 is 3.50. The normalized spacial score (nSPS) is 17.8. The fourth-order valence-electron chi connectivity index (χ4n) is 3.72. The minimum atomic E-state index is -1.07. The number of carboxylic acids is 1. The molecule has 140 valence electrons. The molecule has 7 nitrogen and oxygen atoms in total. The van der Waals surface area contributed by atoms with Crippen molar-refractivity contribution < 1.29 is 14.7 Å². The Kier molecular flexibility index (Phi) is 5.15. The zero-order valence-corrected chi connectivity index (χ0v) is 15.3. The smallest absolute Gasteiger partial charge is 0.331 e. The fourth-order valence-corrected chi connectivity index (χ4v) is 3.72. The highest BCUT2D eigenvalue weighted by Crippen LogP contribution is 2.32. The minimum absolute atomic E-state index is 0.0682. The van der Waals surface area contributed by atoms with Gasteiger partial charge in [-0.2, -0.15) is 5.10 Å². The molecule has 1 fully saturated rings. The van der Waals surface area contributed by atoms with Gasteiger partial charge in [0.05, 0.1) is 6.20 Å². The third-order valence-electron chi connectivity index (χ3n) is 5.29. The average molecular weight is 358 g/mol. The Morgan fingerprint density at radius 2 is 1.92 bits per heavy atom. The maximum absolute atomic E-state index is 13.0. The number of aliphatic carboxylic acids is 1. The maximum atomic E-state index is 13.0. The molecule has 26 heavy (non-hydrogen) atoms. The standard InChI is InChI=1S/C19H26N4O3/c1-3-6-16(21-9-4-5-10-21)17(24)22-11-7-19(8-12-22,18(25)26)23-14-15(2)13-20-23/h4-5,9-10,13-14,16H,3,6-8,11-12H2,1-2H3,(H,25,26). The molecule has 1 aliphatic heterocycles. The van der Waals surface area contributed by atoms with Crippen molar-refractivity contribution in [1.82, 2.24) is 19.2 Å². The van der Waals surface area contributed by atoms with Crippen LogP contribution >= 0.6 is 0 Å². The highest BCUT2D eigenvalue weighted by molar-refractivity contribution is 5.82. The van der Waals surface area contributed by atoms with Crippen LogP contribution in [0.3, 0.4) is 0 Å². The number of aryl methyl sites for hydroxylation is 1. The zero-order valence-electron chi connectivity index (χ0n) is 15.3. The van der Waals surface area contributed by atoms with Crippen molar-refractivity contribution in [2.24, 2.45) is 0 Å². The first-order valence-electron chi connectivity index (χ1n) is 9.14. The summed E-state index contributed by atoms with van der Waals surface area (Å²) in [6.45, 7) is 4.80.